The summed E-state index contributed by atoms with van der Waals surface area (Å²) in [4.78, 5) is 15.4. The lowest BCUT2D eigenvalue weighted by Gasteiger charge is -2.33. The van der Waals surface area contributed by atoms with Crippen LogP contribution < -0.4 is 29.3 Å². The lowest BCUT2D eigenvalue weighted by molar-refractivity contribution is 0.581. The smallest absolute Gasteiger partial charge is 0.270 e. The first-order valence-corrected chi connectivity index (χ1v) is 25.6. The summed E-state index contributed by atoms with van der Waals surface area (Å²) >= 11 is 0. The zero-order chi connectivity index (χ0) is 45.7. The Hall–Kier alpha value is -8.35. The molecule has 1 aromatic heterocycles. The molecule has 10 aromatic rings. The van der Waals surface area contributed by atoms with Gasteiger partial charge in [0, 0.05) is 28.2 Å². The molecule has 0 radical (unpaired) electrons. The van der Waals surface area contributed by atoms with E-state index in [1.165, 1.54) is 0 Å². The molecule has 326 valence electrons. The van der Waals surface area contributed by atoms with Crippen LogP contribution in [0.3, 0.4) is 0 Å². The molecule has 0 aliphatic carbocycles. The van der Waals surface area contributed by atoms with Crippen LogP contribution in [0, 0.1) is 0 Å². The van der Waals surface area contributed by atoms with E-state index < -0.39 is 14.9 Å². The minimum absolute atomic E-state index is 0.244. The average Bonchev–Trinajstić information content (AvgIpc) is 3.85. The van der Waals surface area contributed by atoms with Crippen LogP contribution >= 0.6 is 14.9 Å². The van der Waals surface area contributed by atoms with Crippen LogP contribution in [0.4, 0.5) is 45.8 Å². The van der Waals surface area contributed by atoms with Gasteiger partial charge in [-0.05, 0) is 96.1 Å². The van der Waals surface area contributed by atoms with Crippen molar-refractivity contribution >= 4 is 71.3 Å². The Balaban J connectivity index is 1.10. The average molecular weight is 918 g/mol. The van der Waals surface area contributed by atoms with E-state index >= 15 is 9.13 Å². The molecule has 0 spiro atoms. The van der Waals surface area contributed by atoms with Gasteiger partial charge in [0.2, 0.25) is 5.95 Å². The van der Waals surface area contributed by atoms with E-state index in [4.69, 9.17) is 15.0 Å². The molecule has 2 atom stereocenters. The van der Waals surface area contributed by atoms with Crippen molar-refractivity contribution in [1.29, 1.82) is 0 Å². The molecule has 11 heteroatoms. The van der Waals surface area contributed by atoms with E-state index in [-0.39, 0.29) is 5.95 Å². The molecule has 0 fully saturated rings. The highest BCUT2D eigenvalue weighted by atomic mass is 31.2. The van der Waals surface area contributed by atoms with Gasteiger partial charge in [-0.2, -0.15) is 9.97 Å². The molecule has 68 heavy (non-hydrogen) atoms. The zero-order valence-corrected chi connectivity index (χ0v) is 38.3. The van der Waals surface area contributed by atoms with E-state index in [0.717, 1.165) is 56.4 Å². The predicted octanol–water partition coefficient (Wildman–Crippen LogP) is 14.5. The normalized spacial score (nSPS) is 17.2. The molecule has 0 bridgehead atoms. The van der Waals surface area contributed by atoms with Crippen molar-refractivity contribution in [1.82, 2.24) is 15.0 Å². The maximum absolute atomic E-state index is 16.9. The van der Waals surface area contributed by atoms with Crippen LogP contribution in [0.25, 0.3) is 33.9 Å². The zero-order valence-electron chi connectivity index (χ0n) is 36.5. The monoisotopic (exact) mass is 917 g/mol. The van der Waals surface area contributed by atoms with Crippen molar-refractivity contribution in [3.8, 4) is 33.9 Å². The molecular weight excluding hydrogens is 877 g/mol. The highest BCUT2D eigenvalue weighted by Crippen LogP contribution is 2.72. The number of aromatic nitrogens is 3. The van der Waals surface area contributed by atoms with Crippen LogP contribution in [-0.4, -0.2) is 15.0 Å². The second-order valence-electron chi connectivity index (χ2n) is 16.4. The van der Waals surface area contributed by atoms with Gasteiger partial charge in [0.1, 0.15) is 0 Å². The number of anilines is 8. The Morgan fingerprint density at radius 1 is 0.279 bits per heavy atom. The minimum Gasteiger partial charge on any atom is -0.270 e. The first-order chi connectivity index (χ1) is 33.5. The van der Waals surface area contributed by atoms with Gasteiger partial charge < -0.3 is 0 Å². The van der Waals surface area contributed by atoms with Gasteiger partial charge in [-0.3, -0.25) is 23.1 Å². The summed E-state index contributed by atoms with van der Waals surface area (Å²) in [5.41, 5.74) is 8.70. The van der Waals surface area contributed by atoms with Gasteiger partial charge in [0.05, 0.1) is 33.4 Å². The molecule has 2 aliphatic rings. The fourth-order valence-corrected chi connectivity index (χ4v) is 15.2. The molecule has 2 unspecified atom stereocenters. The third kappa shape index (κ3) is 6.74. The molecule has 9 nitrogen and oxygen atoms in total. The summed E-state index contributed by atoms with van der Waals surface area (Å²) in [5.74, 6) is 1.15. The van der Waals surface area contributed by atoms with Crippen molar-refractivity contribution in [2.75, 3.05) is 18.7 Å². The summed E-state index contributed by atoms with van der Waals surface area (Å²) < 4.78 is 41.1. The van der Waals surface area contributed by atoms with Crippen LogP contribution in [0.5, 0.6) is 0 Å². The van der Waals surface area contributed by atoms with Gasteiger partial charge in [0.25, 0.3) is 0 Å². The fourth-order valence-electron chi connectivity index (χ4n) is 9.29. The molecule has 0 amide bonds. The van der Waals surface area contributed by atoms with Crippen molar-refractivity contribution < 1.29 is 9.13 Å². The number of hydrogen-bond acceptors (Lipinski definition) is 5. The molecule has 9 aromatic carbocycles. The summed E-state index contributed by atoms with van der Waals surface area (Å²) in [6, 6.07) is 81.1. The topological polar surface area (TPSA) is 85.8 Å². The molecule has 0 N–H and O–H groups in total. The Morgan fingerprint density at radius 2 is 0.588 bits per heavy atom. The number of nitrogens with zero attached hydrogens (tertiary/aromatic N) is 7. The Kier molecular flexibility index (Phi) is 10.2. The minimum atomic E-state index is -3.90. The largest absolute Gasteiger partial charge is 0.304 e. The van der Waals surface area contributed by atoms with E-state index in [2.05, 4.69) is 30.3 Å². The Labute approximate surface area is 394 Å². The fraction of sp³-hybridized carbons (Fsp3) is 0. The number of para-hydroxylation sites is 3. The van der Waals surface area contributed by atoms with Gasteiger partial charge in [-0.1, -0.05) is 164 Å². The lowest BCUT2D eigenvalue weighted by Crippen LogP contribution is -2.27. The van der Waals surface area contributed by atoms with Crippen LogP contribution in [0.15, 0.2) is 249 Å². The second-order valence-corrected chi connectivity index (χ2v) is 21.2. The van der Waals surface area contributed by atoms with Crippen molar-refractivity contribution in [2.24, 2.45) is 0 Å². The van der Waals surface area contributed by atoms with Crippen molar-refractivity contribution in [2.45, 2.75) is 0 Å². The maximum Gasteiger partial charge on any atom is 0.304 e. The molecule has 0 saturated carbocycles. The first-order valence-electron chi connectivity index (χ1n) is 22.3. The Bertz CT molecular complexity index is 3480. The highest BCUT2D eigenvalue weighted by Gasteiger charge is 2.52. The van der Waals surface area contributed by atoms with Gasteiger partial charge in [-0.25, -0.2) is 9.65 Å². The summed E-state index contributed by atoms with van der Waals surface area (Å²) in [6.45, 7) is 0. The quantitative estimate of drug-likeness (QED) is 0.131. The molecule has 0 saturated heterocycles. The van der Waals surface area contributed by atoms with Gasteiger partial charge >= 0.3 is 14.9 Å². The van der Waals surface area contributed by atoms with E-state index in [1.807, 2.05) is 237 Å². The lowest BCUT2D eigenvalue weighted by atomic mass is 10.0. The van der Waals surface area contributed by atoms with Crippen molar-refractivity contribution in [3.63, 3.8) is 0 Å². The maximum atomic E-state index is 16.9. The molecule has 2 aliphatic heterocycles. The third-order valence-electron chi connectivity index (χ3n) is 12.3. The number of fused-ring (bicyclic) bond motifs is 2. The molecule has 12 rings (SSSR count). The van der Waals surface area contributed by atoms with E-state index in [1.54, 1.807) is 0 Å². The summed E-state index contributed by atoms with van der Waals surface area (Å²) in [5, 5.41) is 1.32. The predicted molar refractivity (Wildman–Crippen MR) is 278 cm³/mol. The number of rotatable bonds is 9. The van der Waals surface area contributed by atoms with Crippen LogP contribution in [0.2, 0.25) is 0 Å². The first kappa shape index (κ1) is 41.1. The standard InChI is InChI=1S/C57H41N7O2P2/c65-67(49-32-18-6-19-33-49)61(46-26-12-3-13-27-46)51-38-36-44(40-53(51)63(67)48-30-16-5-17-31-48)45-37-39-52-54(41-45)64(68(66,50-34-20-7-21-35-50)62(52)47-28-14-4-15-29-47)57-59-55(42-22-8-1-9-23-42)58-56(60-57)43-24-10-2-11-25-43/h1-41H. The summed E-state index contributed by atoms with van der Waals surface area (Å²) in [6.07, 6.45) is 0. The number of hydrogen-bond donors (Lipinski definition) is 0. The molecular formula is C57H41N7O2P2. The second kappa shape index (κ2) is 16.8. The van der Waals surface area contributed by atoms with E-state index in [9.17, 15) is 0 Å². The van der Waals surface area contributed by atoms with Gasteiger partial charge in [-0.15, -0.1) is 0 Å². The Morgan fingerprint density at radius 3 is 0.971 bits per heavy atom. The number of benzene rings is 9. The molecule has 3 heterocycles. The van der Waals surface area contributed by atoms with Crippen LogP contribution in [-0.2, 0) is 9.13 Å². The SMILES string of the molecule is O=P1(c2ccccc2)N(c2ccccc2)c2ccc(-c3ccc4c(c3)N(c3nc(-c5ccccc5)nc(-c5ccccc5)n3)P(=O)(c3ccccc3)N4c3ccccc3)cc2N1c1ccccc1. The summed E-state index contributed by atoms with van der Waals surface area (Å²) in [7, 11) is -7.50. The van der Waals surface area contributed by atoms with Gasteiger partial charge in [0.15, 0.2) is 11.6 Å². The van der Waals surface area contributed by atoms with Crippen molar-refractivity contribution in [3.05, 3.63) is 249 Å². The highest BCUT2D eigenvalue weighted by molar-refractivity contribution is 7.76. The third-order valence-corrected chi connectivity index (χ3v) is 18.2. The van der Waals surface area contributed by atoms with E-state index in [0.29, 0.717) is 27.9 Å². The van der Waals surface area contributed by atoms with Crippen LogP contribution in [0.1, 0.15) is 0 Å².